The lowest BCUT2D eigenvalue weighted by Crippen LogP contribution is -2.17. The fraction of sp³-hybridized carbons (Fsp3) is 0.333. The van der Waals surface area contributed by atoms with E-state index < -0.39 is 22.8 Å². The summed E-state index contributed by atoms with van der Waals surface area (Å²) in [5.41, 5.74) is -2.12. The summed E-state index contributed by atoms with van der Waals surface area (Å²) in [4.78, 5) is 0. The van der Waals surface area contributed by atoms with Gasteiger partial charge in [-0.3, -0.25) is 0 Å². The van der Waals surface area contributed by atoms with Crippen molar-refractivity contribution in [1.82, 2.24) is 0 Å². The molecule has 0 saturated carbocycles. The molecule has 0 aliphatic heterocycles. The highest BCUT2D eigenvalue weighted by Crippen LogP contribution is 2.25. The molecule has 0 heterocycles. The van der Waals surface area contributed by atoms with Gasteiger partial charge in [-0.1, -0.05) is 6.07 Å². The normalized spacial score (nSPS) is 11.8. The maximum absolute atomic E-state index is 12.9. The molecule has 0 unspecified atom stereocenters. The SMILES string of the molecule is CC(C)([O])c1c(F)cccc1F. The van der Waals surface area contributed by atoms with Crippen LogP contribution < -0.4 is 0 Å². The molecular weight excluding hydrogens is 162 g/mol. The summed E-state index contributed by atoms with van der Waals surface area (Å²) in [6, 6.07) is 3.40. The van der Waals surface area contributed by atoms with Crippen LogP contribution in [0.3, 0.4) is 0 Å². The molecular formula is C9H9F2O. The first-order valence-corrected chi connectivity index (χ1v) is 3.58. The number of rotatable bonds is 1. The van der Waals surface area contributed by atoms with Gasteiger partial charge in [0, 0.05) is 0 Å². The fourth-order valence-corrected chi connectivity index (χ4v) is 1.07. The largest absolute Gasteiger partial charge is 0.225 e. The Morgan fingerprint density at radius 3 is 1.83 bits per heavy atom. The molecule has 0 N–H and O–H groups in total. The predicted octanol–water partition coefficient (Wildman–Crippen LogP) is 2.63. The monoisotopic (exact) mass is 171 g/mol. The van der Waals surface area contributed by atoms with Crippen LogP contribution in [0.1, 0.15) is 19.4 Å². The van der Waals surface area contributed by atoms with E-state index in [2.05, 4.69) is 0 Å². The highest BCUT2D eigenvalue weighted by atomic mass is 19.1. The Kier molecular flexibility index (Phi) is 2.15. The molecule has 1 aromatic rings. The van der Waals surface area contributed by atoms with Crippen LogP contribution in [-0.4, -0.2) is 0 Å². The van der Waals surface area contributed by atoms with Crippen LogP contribution in [0.15, 0.2) is 18.2 Å². The van der Waals surface area contributed by atoms with E-state index in [0.29, 0.717) is 0 Å². The van der Waals surface area contributed by atoms with Crippen LogP contribution >= 0.6 is 0 Å². The van der Waals surface area contributed by atoms with Gasteiger partial charge in [-0.2, -0.15) is 0 Å². The molecule has 0 aromatic heterocycles. The molecule has 0 spiro atoms. The minimum absolute atomic E-state index is 0.398. The van der Waals surface area contributed by atoms with Gasteiger partial charge < -0.3 is 0 Å². The summed E-state index contributed by atoms with van der Waals surface area (Å²) in [5.74, 6) is -1.56. The molecule has 1 aromatic carbocycles. The summed E-state index contributed by atoms with van der Waals surface area (Å²) >= 11 is 0. The maximum Gasteiger partial charge on any atom is 0.132 e. The Morgan fingerprint density at radius 1 is 1.17 bits per heavy atom. The lowest BCUT2D eigenvalue weighted by atomic mass is 9.97. The quantitative estimate of drug-likeness (QED) is 0.619. The molecule has 3 heteroatoms. The number of halogens is 2. The molecule has 12 heavy (non-hydrogen) atoms. The van der Waals surface area contributed by atoms with Crippen molar-refractivity contribution in [1.29, 1.82) is 0 Å². The standard InChI is InChI=1S/C9H9F2O/c1-9(2,12)8-6(10)4-3-5-7(8)11/h3-5H,1-2H3. The van der Waals surface area contributed by atoms with Gasteiger partial charge in [0.25, 0.3) is 0 Å². The van der Waals surface area contributed by atoms with Gasteiger partial charge in [0.2, 0.25) is 0 Å². The summed E-state index contributed by atoms with van der Waals surface area (Å²) in [7, 11) is 0. The van der Waals surface area contributed by atoms with Crippen molar-refractivity contribution >= 4 is 0 Å². The van der Waals surface area contributed by atoms with Crippen LogP contribution in [0.4, 0.5) is 8.78 Å². The third-order valence-electron chi connectivity index (χ3n) is 1.56. The van der Waals surface area contributed by atoms with E-state index in [9.17, 15) is 13.9 Å². The number of hydrogen-bond acceptors (Lipinski definition) is 0. The zero-order chi connectivity index (χ0) is 9.35. The molecule has 0 saturated heterocycles. The molecule has 1 nitrogen and oxygen atoms in total. The topological polar surface area (TPSA) is 19.9 Å². The van der Waals surface area contributed by atoms with E-state index in [-0.39, 0.29) is 0 Å². The van der Waals surface area contributed by atoms with Gasteiger partial charge in [0.1, 0.15) is 17.2 Å². The molecule has 0 aliphatic rings. The van der Waals surface area contributed by atoms with E-state index in [1.54, 1.807) is 0 Å². The summed E-state index contributed by atoms with van der Waals surface area (Å²) in [5, 5.41) is 11.3. The van der Waals surface area contributed by atoms with Crippen molar-refractivity contribution in [2.24, 2.45) is 0 Å². The summed E-state index contributed by atoms with van der Waals surface area (Å²) in [6.07, 6.45) is 0. The van der Waals surface area contributed by atoms with E-state index in [0.717, 1.165) is 12.1 Å². The Hall–Kier alpha value is -0.960. The predicted molar refractivity (Wildman–Crippen MR) is 40.1 cm³/mol. The summed E-state index contributed by atoms with van der Waals surface area (Å²) in [6.45, 7) is 2.46. The zero-order valence-corrected chi connectivity index (χ0v) is 6.90. The van der Waals surface area contributed by atoms with E-state index >= 15 is 0 Å². The lowest BCUT2D eigenvalue weighted by molar-refractivity contribution is -0.00614. The molecule has 1 rings (SSSR count). The number of hydrogen-bond donors (Lipinski definition) is 0. The number of benzene rings is 1. The highest BCUT2D eigenvalue weighted by Gasteiger charge is 2.26. The fourth-order valence-electron chi connectivity index (χ4n) is 1.07. The Morgan fingerprint density at radius 2 is 1.58 bits per heavy atom. The summed E-state index contributed by atoms with van der Waals surface area (Å²) < 4.78 is 25.8. The van der Waals surface area contributed by atoms with Crippen molar-refractivity contribution < 1.29 is 13.9 Å². The minimum Gasteiger partial charge on any atom is -0.225 e. The van der Waals surface area contributed by atoms with Gasteiger partial charge in [-0.05, 0) is 26.0 Å². The van der Waals surface area contributed by atoms with Gasteiger partial charge >= 0.3 is 0 Å². The van der Waals surface area contributed by atoms with Crippen LogP contribution in [0.5, 0.6) is 0 Å². The van der Waals surface area contributed by atoms with Crippen molar-refractivity contribution in [3.63, 3.8) is 0 Å². The van der Waals surface area contributed by atoms with E-state index in [4.69, 9.17) is 0 Å². The van der Waals surface area contributed by atoms with Gasteiger partial charge in [-0.25, -0.2) is 13.9 Å². The van der Waals surface area contributed by atoms with Gasteiger partial charge in [0.15, 0.2) is 0 Å². The third kappa shape index (κ3) is 1.61. The average molecular weight is 171 g/mol. The molecule has 65 valence electrons. The molecule has 0 fully saturated rings. The second-order valence-corrected chi connectivity index (χ2v) is 3.11. The van der Waals surface area contributed by atoms with Crippen molar-refractivity contribution in [3.8, 4) is 0 Å². The van der Waals surface area contributed by atoms with Crippen molar-refractivity contribution in [2.75, 3.05) is 0 Å². The van der Waals surface area contributed by atoms with E-state index in [1.165, 1.54) is 19.9 Å². The third-order valence-corrected chi connectivity index (χ3v) is 1.56. The highest BCUT2D eigenvalue weighted by molar-refractivity contribution is 5.24. The van der Waals surface area contributed by atoms with Gasteiger partial charge in [-0.15, -0.1) is 0 Å². The van der Waals surface area contributed by atoms with Crippen LogP contribution in [0.25, 0.3) is 0 Å². The molecule has 0 aliphatic carbocycles. The second kappa shape index (κ2) is 2.83. The Bertz CT molecular complexity index is 269. The van der Waals surface area contributed by atoms with Crippen LogP contribution in [0.2, 0.25) is 0 Å². The second-order valence-electron chi connectivity index (χ2n) is 3.11. The molecule has 0 bridgehead atoms. The van der Waals surface area contributed by atoms with Crippen molar-refractivity contribution in [2.45, 2.75) is 19.4 Å². The Labute approximate surface area is 69.7 Å². The van der Waals surface area contributed by atoms with Crippen LogP contribution in [0, 0.1) is 11.6 Å². The first-order valence-electron chi connectivity index (χ1n) is 3.58. The van der Waals surface area contributed by atoms with Crippen molar-refractivity contribution in [3.05, 3.63) is 35.4 Å². The minimum atomic E-state index is -1.73. The average Bonchev–Trinajstić information content (AvgIpc) is 1.82. The molecule has 1 radical (unpaired) electrons. The lowest BCUT2D eigenvalue weighted by Gasteiger charge is -2.15. The van der Waals surface area contributed by atoms with Gasteiger partial charge in [0.05, 0.1) is 5.56 Å². The zero-order valence-electron chi connectivity index (χ0n) is 6.90. The first kappa shape index (κ1) is 9.13. The van der Waals surface area contributed by atoms with Crippen LogP contribution in [-0.2, 0) is 10.7 Å². The smallest absolute Gasteiger partial charge is 0.132 e. The maximum atomic E-state index is 12.9. The molecule has 0 amide bonds. The molecule has 0 atom stereocenters. The Balaban J connectivity index is 3.31. The van der Waals surface area contributed by atoms with E-state index in [1.807, 2.05) is 0 Å². The first-order chi connectivity index (χ1) is 5.43.